The minimum Gasteiger partial charge on any atom is -0.497 e. The van der Waals surface area contributed by atoms with Crippen LogP contribution in [0.25, 0.3) is 0 Å². The molecule has 0 bridgehead atoms. The summed E-state index contributed by atoms with van der Waals surface area (Å²) in [5.74, 6) is 2.15. The third-order valence-electron chi connectivity index (χ3n) is 3.03. The zero-order valence-electron chi connectivity index (χ0n) is 12.6. The molecular weight excluding hydrogens is 271 g/mol. The third kappa shape index (κ3) is 3.39. The predicted octanol–water partition coefficient (Wildman–Crippen LogP) is 3.42. The molecule has 0 aliphatic rings. The van der Waals surface area contributed by atoms with Crippen LogP contribution in [0.15, 0.2) is 18.2 Å². The Hall–Kier alpha value is -2.37. The summed E-state index contributed by atoms with van der Waals surface area (Å²) in [5, 5.41) is 6.18. The van der Waals surface area contributed by atoms with Gasteiger partial charge in [0.05, 0.1) is 12.8 Å². The van der Waals surface area contributed by atoms with Crippen LogP contribution in [0.4, 0.5) is 21.7 Å². The third-order valence-corrected chi connectivity index (χ3v) is 3.03. The molecule has 1 aromatic carbocycles. The van der Waals surface area contributed by atoms with Crippen molar-refractivity contribution in [3.05, 3.63) is 35.4 Å². The number of benzene rings is 1. The number of anilines is 3. The van der Waals surface area contributed by atoms with Crippen LogP contribution in [0.5, 0.6) is 5.75 Å². The second kappa shape index (κ2) is 6.39. The minimum absolute atomic E-state index is 0.318. The Kier molecular flexibility index (Phi) is 4.57. The molecule has 0 aliphatic heterocycles. The number of hydrogen-bond acceptors (Lipinski definition) is 5. The second-order valence-corrected chi connectivity index (χ2v) is 4.59. The molecule has 0 atom stereocenters. The highest BCUT2D eigenvalue weighted by Gasteiger charge is 2.11. The molecule has 0 radical (unpaired) electrons. The van der Waals surface area contributed by atoms with Crippen LogP contribution in [0.3, 0.4) is 0 Å². The second-order valence-electron chi connectivity index (χ2n) is 4.59. The van der Waals surface area contributed by atoms with Gasteiger partial charge in [-0.1, -0.05) is 0 Å². The van der Waals surface area contributed by atoms with E-state index in [0.29, 0.717) is 23.1 Å². The maximum Gasteiger partial charge on any atom is 0.146 e. The number of hydrogen-bond donors (Lipinski definition) is 2. The average Bonchev–Trinajstić information content (AvgIpc) is 2.46. The lowest BCUT2D eigenvalue weighted by atomic mass is 10.2. The predicted molar refractivity (Wildman–Crippen MR) is 81.9 cm³/mol. The van der Waals surface area contributed by atoms with E-state index in [2.05, 4.69) is 20.6 Å². The molecular formula is C15H19FN4O. The van der Waals surface area contributed by atoms with Gasteiger partial charge in [0.25, 0.3) is 0 Å². The number of nitrogens with zero attached hydrogens (tertiary/aromatic N) is 2. The fourth-order valence-electron chi connectivity index (χ4n) is 1.94. The highest BCUT2D eigenvalue weighted by molar-refractivity contribution is 5.66. The monoisotopic (exact) mass is 290 g/mol. The van der Waals surface area contributed by atoms with Gasteiger partial charge < -0.3 is 15.4 Å². The molecule has 0 saturated carbocycles. The first-order chi connectivity index (χ1) is 10.0. The lowest BCUT2D eigenvalue weighted by Gasteiger charge is -2.14. The van der Waals surface area contributed by atoms with E-state index in [9.17, 15) is 4.39 Å². The number of halogens is 1. The highest BCUT2D eigenvalue weighted by atomic mass is 19.1. The van der Waals surface area contributed by atoms with Gasteiger partial charge in [-0.2, -0.15) is 0 Å². The highest BCUT2D eigenvalue weighted by Crippen LogP contribution is 2.27. The minimum atomic E-state index is -0.364. The topological polar surface area (TPSA) is 59.1 Å². The number of methoxy groups -OCH3 is 1. The van der Waals surface area contributed by atoms with Gasteiger partial charge in [0, 0.05) is 18.2 Å². The normalized spacial score (nSPS) is 10.3. The standard InChI is InChI=1S/C15H19FN4O/c1-5-17-14-9(2)15(19-10(3)18-14)20-13-8-11(21-4)6-7-12(13)16/h6-8H,5H2,1-4H3,(H2,17,18,19,20). The molecule has 0 amide bonds. The van der Waals surface area contributed by atoms with Crippen molar-refractivity contribution >= 4 is 17.3 Å². The van der Waals surface area contributed by atoms with E-state index in [1.807, 2.05) is 13.8 Å². The van der Waals surface area contributed by atoms with E-state index in [4.69, 9.17) is 4.74 Å². The quantitative estimate of drug-likeness (QED) is 0.883. The molecule has 112 valence electrons. The summed E-state index contributed by atoms with van der Waals surface area (Å²) >= 11 is 0. The SMILES string of the molecule is CCNc1nc(C)nc(Nc2cc(OC)ccc2F)c1C. The molecule has 1 heterocycles. The first-order valence-corrected chi connectivity index (χ1v) is 6.74. The Morgan fingerprint density at radius 1 is 1.19 bits per heavy atom. The molecule has 0 fully saturated rings. The molecule has 2 aromatic rings. The van der Waals surface area contributed by atoms with E-state index >= 15 is 0 Å². The summed E-state index contributed by atoms with van der Waals surface area (Å²) in [4.78, 5) is 8.68. The fourth-order valence-corrected chi connectivity index (χ4v) is 1.94. The van der Waals surface area contributed by atoms with Gasteiger partial charge in [0.15, 0.2) is 0 Å². The van der Waals surface area contributed by atoms with Gasteiger partial charge in [0.2, 0.25) is 0 Å². The first kappa shape index (κ1) is 15.0. The van der Waals surface area contributed by atoms with Gasteiger partial charge >= 0.3 is 0 Å². The fraction of sp³-hybridized carbons (Fsp3) is 0.333. The van der Waals surface area contributed by atoms with Crippen LogP contribution in [0, 0.1) is 19.7 Å². The Morgan fingerprint density at radius 2 is 1.90 bits per heavy atom. The number of aromatic nitrogens is 2. The van der Waals surface area contributed by atoms with Gasteiger partial charge in [-0.25, -0.2) is 14.4 Å². The lowest BCUT2D eigenvalue weighted by Crippen LogP contribution is -2.08. The molecule has 0 unspecified atom stereocenters. The summed E-state index contributed by atoms with van der Waals surface area (Å²) in [7, 11) is 1.54. The van der Waals surface area contributed by atoms with E-state index in [0.717, 1.165) is 17.9 Å². The molecule has 0 spiro atoms. The Labute approximate surface area is 123 Å². The molecule has 1 aromatic heterocycles. The summed E-state index contributed by atoms with van der Waals surface area (Å²) in [6, 6.07) is 4.53. The van der Waals surface area contributed by atoms with Gasteiger partial charge in [-0.15, -0.1) is 0 Å². The molecule has 21 heavy (non-hydrogen) atoms. The van der Waals surface area contributed by atoms with E-state index in [-0.39, 0.29) is 5.82 Å². The van der Waals surface area contributed by atoms with Crippen LogP contribution in [0.1, 0.15) is 18.3 Å². The smallest absolute Gasteiger partial charge is 0.146 e. The number of nitrogens with one attached hydrogen (secondary N) is 2. The molecule has 0 saturated heterocycles. The Bertz CT molecular complexity index is 646. The van der Waals surface area contributed by atoms with Gasteiger partial charge in [-0.3, -0.25) is 0 Å². The van der Waals surface area contributed by atoms with Crippen molar-refractivity contribution in [2.75, 3.05) is 24.3 Å². The first-order valence-electron chi connectivity index (χ1n) is 6.74. The van der Waals surface area contributed by atoms with Crippen LogP contribution >= 0.6 is 0 Å². The van der Waals surface area contributed by atoms with E-state index in [1.54, 1.807) is 26.2 Å². The summed E-state index contributed by atoms with van der Waals surface area (Å²) < 4.78 is 19.0. The summed E-state index contributed by atoms with van der Waals surface area (Å²) in [6.45, 7) is 6.43. The largest absolute Gasteiger partial charge is 0.497 e. The van der Waals surface area contributed by atoms with Crippen molar-refractivity contribution in [1.29, 1.82) is 0 Å². The van der Waals surface area contributed by atoms with Crippen LogP contribution in [-0.4, -0.2) is 23.6 Å². The molecule has 2 N–H and O–H groups in total. The lowest BCUT2D eigenvalue weighted by molar-refractivity contribution is 0.414. The number of ether oxygens (including phenoxy) is 1. The number of rotatable bonds is 5. The van der Waals surface area contributed by atoms with Crippen LogP contribution < -0.4 is 15.4 Å². The zero-order chi connectivity index (χ0) is 15.4. The van der Waals surface area contributed by atoms with Crippen molar-refractivity contribution in [1.82, 2.24) is 9.97 Å². The summed E-state index contributed by atoms with van der Waals surface area (Å²) in [6.07, 6.45) is 0. The zero-order valence-corrected chi connectivity index (χ0v) is 12.6. The molecule has 0 aliphatic carbocycles. The molecule has 6 heteroatoms. The van der Waals surface area contributed by atoms with Crippen LogP contribution in [-0.2, 0) is 0 Å². The van der Waals surface area contributed by atoms with E-state index in [1.165, 1.54) is 6.07 Å². The van der Waals surface area contributed by atoms with Gasteiger partial charge in [-0.05, 0) is 32.9 Å². The van der Waals surface area contributed by atoms with Crippen LogP contribution in [0.2, 0.25) is 0 Å². The van der Waals surface area contributed by atoms with E-state index < -0.39 is 0 Å². The maximum absolute atomic E-state index is 13.9. The van der Waals surface area contributed by atoms with Crippen molar-refractivity contribution in [3.63, 3.8) is 0 Å². The molecule has 2 rings (SSSR count). The number of aryl methyl sites for hydroxylation is 1. The van der Waals surface area contributed by atoms with Gasteiger partial charge in [0.1, 0.15) is 29.0 Å². The average molecular weight is 290 g/mol. The maximum atomic E-state index is 13.9. The Balaban J connectivity index is 2.39. The summed E-state index contributed by atoms with van der Waals surface area (Å²) in [5.41, 5.74) is 1.16. The Morgan fingerprint density at radius 3 is 2.57 bits per heavy atom. The van der Waals surface area contributed by atoms with Crippen molar-refractivity contribution < 1.29 is 9.13 Å². The van der Waals surface area contributed by atoms with Crippen molar-refractivity contribution in [2.45, 2.75) is 20.8 Å². The van der Waals surface area contributed by atoms with Crippen molar-refractivity contribution in [3.8, 4) is 5.75 Å². The molecule has 5 nitrogen and oxygen atoms in total. The van der Waals surface area contributed by atoms with Crippen molar-refractivity contribution in [2.24, 2.45) is 0 Å².